The minimum atomic E-state index is -0.969. The van der Waals surface area contributed by atoms with Crippen molar-refractivity contribution in [2.45, 2.75) is 47.5 Å². The molecule has 5 rings (SSSR count). The zero-order valence-corrected chi connectivity index (χ0v) is 24.7. The van der Waals surface area contributed by atoms with Gasteiger partial charge in [-0.15, -0.1) is 0 Å². The van der Waals surface area contributed by atoms with Gasteiger partial charge >= 0.3 is 5.97 Å². The second-order valence-corrected chi connectivity index (χ2v) is 10.6. The van der Waals surface area contributed by atoms with E-state index in [1.807, 2.05) is 62.6 Å². The molecule has 0 aliphatic heterocycles. The quantitative estimate of drug-likeness (QED) is 0.208. The van der Waals surface area contributed by atoms with Gasteiger partial charge in [-0.05, 0) is 99.3 Å². The molecule has 0 fully saturated rings. The van der Waals surface area contributed by atoms with Gasteiger partial charge in [-0.1, -0.05) is 26.0 Å². The Hall–Kier alpha value is -4.98. The normalized spacial score (nSPS) is 11.6. The summed E-state index contributed by atoms with van der Waals surface area (Å²) < 4.78 is 9.34. The van der Waals surface area contributed by atoms with Crippen molar-refractivity contribution in [3.63, 3.8) is 0 Å². The largest absolute Gasteiger partial charge is 0.494 e. The van der Waals surface area contributed by atoms with Crippen LogP contribution in [0.3, 0.4) is 0 Å². The monoisotopic (exact) mass is 562 g/mol. The summed E-state index contributed by atoms with van der Waals surface area (Å²) in [5.41, 5.74) is 6.86. The van der Waals surface area contributed by atoms with Crippen LogP contribution in [0.1, 0.15) is 65.1 Å². The van der Waals surface area contributed by atoms with E-state index in [9.17, 15) is 14.7 Å². The van der Waals surface area contributed by atoms with Gasteiger partial charge in [0.15, 0.2) is 5.82 Å². The zero-order chi connectivity index (χ0) is 30.1. The molecule has 2 aromatic heterocycles. The van der Waals surface area contributed by atoms with Crippen LogP contribution in [-0.2, 0) is 0 Å². The molecule has 0 atom stereocenters. The summed E-state index contributed by atoms with van der Waals surface area (Å²) in [6.07, 6.45) is 1.68. The molecule has 0 spiro atoms. The Morgan fingerprint density at radius 1 is 1.05 bits per heavy atom. The molecule has 0 aliphatic rings. The SMILES string of the molecule is CCOc1cc(C)c(-c2nc3ccccc3c(=O)n2N=Cc2cc(C)n(-c3ccc(C(=O)O)cc3)c2C)cc1C(C)C. The molecule has 0 aliphatic carbocycles. The number of para-hydroxylation sites is 1. The number of aromatic carboxylic acids is 1. The molecule has 3 aromatic carbocycles. The van der Waals surface area contributed by atoms with E-state index in [-0.39, 0.29) is 17.0 Å². The van der Waals surface area contributed by atoms with Crippen molar-refractivity contribution >= 4 is 23.1 Å². The molecule has 0 saturated heterocycles. The lowest BCUT2D eigenvalue weighted by Crippen LogP contribution is -2.21. The van der Waals surface area contributed by atoms with Gasteiger partial charge in [-0.2, -0.15) is 9.78 Å². The molecule has 0 amide bonds. The third-order valence-corrected chi connectivity index (χ3v) is 7.43. The Bertz CT molecular complexity index is 1900. The van der Waals surface area contributed by atoms with Crippen LogP contribution in [0, 0.1) is 20.8 Å². The lowest BCUT2D eigenvalue weighted by molar-refractivity contribution is 0.0697. The van der Waals surface area contributed by atoms with E-state index in [1.54, 1.807) is 36.5 Å². The van der Waals surface area contributed by atoms with Crippen molar-refractivity contribution < 1.29 is 14.6 Å². The molecule has 214 valence electrons. The number of hydrogen-bond donors (Lipinski definition) is 1. The Kier molecular flexibility index (Phi) is 7.81. The molecular weight excluding hydrogens is 528 g/mol. The van der Waals surface area contributed by atoms with Crippen LogP contribution in [0.15, 0.2) is 76.6 Å². The van der Waals surface area contributed by atoms with E-state index in [1.165, 1.54) is 4.68 Å². The fourth-order valence-electron chi connectivity index (χ4n) is 5.26. The van der Waals surface area contributed by atoms with E-state index in [0.717, 1.165) is 45.1 Å². The molecule has 42 heavy (non-hydrogen) atoms. The number of aryl methyl sites for hydroxylation is 2. The molecule has 5 aromatic rings. The molecule has 0 saturated carbocycles. The number of carbonyl (C=O) groups is 1. The fraction of sp³-hybridized carbons (Fsp3) is 0.235. The van der Waals surface area contributed by atoms with Crippen LogP contribution in [0.4, 0.5) is 0 Å². The van der Waals surface area contributed by atoms with Crippen LogP contribution in [0.5, 0.6) is 5.75 Å². The first-order chi connectivity index (χ1) is 20.1. The predicted octanol–water partition coefficient (Wildman–Crippen LogP) is 6.88. The molecule has 8 heteroatoms. The minimum absolute atomic E-state index is 0.199. The smallest absolute Gasteiger partial charge is 0.335 e. The van der Waals surface area contributed by atoms with Crippen molar-refractivity contribution in [2.75, 3.05) is 6.61 Å². The van der Waals surface area contributed by atoms with E-state index in [0.29, 0.717) is 23.3 Å². The van der Waals surface area contributed by atoms with Gasteiger partial charge in [0.05, 0.1) is 29.3 Å². The lowest BCUT2D eigenvalue weighted by Gasteiger charge is -2.18. The Morgan fingerprint density at radius 2 is 1.76 bits per heavy atom. The number of benzene rings is 3. The van der Waals surface area contributed by atoms with Crippen molar-refractivity contribution in [1.82, 2.24) is 14.2 Å². The number of carboxylic acids is 1. The van der Waals surface area contributed by atoms with Gasteiger partial charge < -0.3 is 14.4 Å². The van der Waals surface area contributed by atoms with Gasteiger partial charge in [-0.3, -0.25) is 4.79 Å². The summed E-state index contributed by atoms with van der Waals surface area (Å²) in [5.74, 6) is 0.514. The van der Waals surface area contributed by atoms with Gasteiger partial charge in [0, 0.05) is 28.2 Å². The zero-order valence-electron chi connectivity index (χ0n) is 24.7. The average Bonchev–Trinajstić information content (AvgIpc) is 3.25. The average molecular weight is 563 g/mol. The maximum atomic E-state index is 13.8. The summed E-state index contributed by atoms with van der Waals surface area (Å²) in [5, 5.41) is 14.5. The van der Waals surface area contributed by atoms with Gasteiger partial charge in [0.1, 0.15) is 5.75 Å². The summed E-state index contributed by atoms with van der Waals surface area (Å²) in [6.45, 7) is 12.7. The number of aromatic nitrogens is 3. The van der Waals surface area contributed by atoms with Crippen LogP contribution >= 0.6 is 0 Å². The first-order valence-electron chi connectivity index (χ1n) is 14.0. The number of nitrogens with zero attached hydrogens (tertiary/aromatic N) is 4. The van der Waals surface area contributed by atoms with Gasteiger partial charge in [-0.25, -0.2) is 9.78 Å². The topological polar surface area (TPSA) is 98.7 Å². The molecule has 0 radical (unpaired) electrons. The Morgan fingerprint density at radius 3 is 2.43 bits per heavy atom. The number of rotatable bonds is 8. The second kappa shape index (κ2) is 11.5. The highest BCUT2D eigenvalue weighted by molar-refractivity contribution is 5.88. The van der Waals surface area contributed by atoms with Crippen molar-refractivity contribution in [3.05, 3.63) is 111 Å². The van der Waals surface area contributed by atoms with Crippen LogP contribution in [-0.4, -0.2) is 38.1 Å². The van der Waals surface area contributed by atoms with Crippen LogP contribution < -0.4 is 10.3 Å². The molecule has 8 nitrogen and oxygen atoms in total. The third kappa shape index (κ3) is 5.23. The van der Waals surface area contributed by atoms with E-state index < -0.39 is 5.97 Å². The number of carboxylic acid groups (broad SMARTS) is 1. The fourth-order valence-corrected chi connectivity index (χ4v) is 5.26. The Labute approximate surface area is 244 Å². The molecule has 1 N–H and O–H groups in total. The molecule has 2 heterocycles. The number of fused-ring (bicyclic) bond motifs is 1. The van der Waals surface area contributed by atoms with Crippen molar-refractivity contribution in [3.8, 4) is 22.8 Å². The first kappa shape index (κ1) is 28.5. The maximum absolute atomic E-state index is 13.8. The summed E-state index contributed by atoms with van der Waals surface area (Å²) in [4.78, 5) is 30.1. The highest BCUT2D eigenvalue weighted by Gasteiger charge is 2.19. The predicted molar refractivity (Wildman–Crippen MR) is 167 cm³/mol. The van der Waals surface area contributed by atoms with E-state index in [2.05, 4.69) is 19.9 Å². The lowest BCUT2D eigenvalue weighted by atomic mass is 9.96. The van der Waals surface area contributed by atoms with Crippen LogP contribution in [0.2, 0.25) is 0 Å². The number of hydrogen-bond acceptors (Lipinski definition) is 5. The van der Waals surface area contributed by atoms with E-state index in [4.69, 9.17) is 14.8 Å². The summed E-state index contributed by atoms with van der Waals surface area (Å²) in [7, 11) is 0. The van der Waals surface area contributed by atoms with Gasteiger partial charge in [0.25, 0.3) is 5.56 Å². The molecular formula is C34H34N4O4. The number of ether oxygens (including phenoxy) is 1. The van der Waals surface area contributed by atoms with Crippen molar-refractivity contribution in [1.29, 1.82) is 0 Å². The Balaban J connectivity index is 1.67. The molecule has 0 bridgehead atoms. The highest BCUT2D eigenvalue weighted by Crippen LogP contribution is 2.34. The maximum Gasteiger partial charge on any atom is 0.335 e. The van der Waals surface area contributed by atoms with E-state index >= 15 is 0 Å². The third-order valence-electron chi connectivity index (χ3n) is 7.43. The second-order valence-electron chi connectivity index (χ2n) is 10.6. The first-order valence-corrected chi connectivity index (χ1v) is 14.0. The van der Waals surface area contributed by atoms with Gasteiger partial charge in [0.2, 0.25) is 0 Å². The molecule has 0 unspecified atom stereocenters. The highest BCUT2D eigenvalue weighted by atomic mass is 16.5. The summed E-state index contributed by atoms with van der Waals surface area (Å²) >= 11 is 0. The summed E-state index contributed by atoms with van der Waals surface area (Å²) in [6, 6.07) is 20.1. The van der Waals surface area contributed by atoms with Crippen molar-refractivity contribution in [2.24, 2.45) is 5.10 Å². The standard InChI is InChI=1S/C34H34N4O4/c1-7-42-31-16-21(4)29(18-28(31)20(2)3)32-36-30-11-9-8-10-27(30)33(39)38(32)35-19-25-17-22(5)37(23(25)6)26-14-12-24(13-15-26)34(40)41/h8-20H,7H2,1-6H3,(H,40,41). The van der Waals surface area contributed by atoms with Crippen LogP contribution in [0.25, 0.3) is 28.0 Å². The minimum Gasteiger partial charge on any atom is -0.494 e.